The molecule has 0 radical (unpaired) electrons. The highest BCUT2D eigenvalue weighted by Crippen LogP contribution is 2.35. The first-order valence-electron chi connectivity index (χ1n) is 20.6. The highest BCUT2D eigenvalue weighted by atomic mass is 32.2. The lowest BCUT2D eigenvalue weighted by molar-refractivity contribution is -0.179. The van der Waals surface area contributed by atoms with Gasteiger partial charge in [-0.25, -0.2) is 8.42 Å². The number of hydrogen-bond acceptors (Lipinski definition) is 4. The minimum absolute atomic E-state index is 0.137. The molecule has 0 aromatic rings. The lowest BCUT2D eigenvalue weighted by atomic mass is 10.00. The van der Waals surface area contributed by atoms with Crippen molar-refractivity contribution < 1.29 is 17.9 Å². The molecule has 1 aliphatic heterocycles. The van der Waals surface area contributed by atoms with Crippen LogP contribution in [0.15, 0.2) is 97.2 Å². The third-order valence-electron chi connectivity index (χ3n) is 9.00. The SMILES string of the molecule is CCCCC/C=C\C/C=C\C/C=C\C/C=C\CCCCC1(CCCC/C=C\C/C=C\C/C=C\C/C=C\CCCCC)OCC(CCS(C)(=O)=O)O1. The quantitative estimate of drug-likeness (QED) is 0.0499. The Morgan fingerprint density at radius 3 is 1.18 bits per heavy atom. The number of rotatable bonds is 33. The van der Waals surface area contributed by atoms with Crippen LogP contribution in [0.4, 0.5) is 0 Å². The molecular formula is C46H76O4S. The first-order valence-corrected chi connectivity index (χ1v) is 22.7. The number of unbranched alkanes of at least 4 members (excludes halogenated alkanes) is 10. The Morgan fingerprint density at radius 1 is 0.510 bits per heavy atom. The maximum Gasteiger partial charge on any atom is 0.168 e. The zero-order chi connectivity index (χ0) is 37.0. The Morgan fingerprint density at radius 2 is 0.843 bits per heavy atom. The molecule has 4 nitrogen and oxygen atoms in total. The van der Waals surface area contributed by atoms with Gasteiger partial charge in [-0.2, -0.15) is 0 Å². The van der Waals surface area contributed by atoms with Crippen molar-refractivity contribution in [3.8, 4) is 0 Å². The van der Waals surface area contributed by atoms with Crippen molar-refractivity contribution in [3.63, 3.8) is 0 Å². The van der Waals surface area contributed by atoms with Crippen LogP contribution < -0.4 is 0 Å². The minimum Gasteiger partial charge on any atom is -0.347 e. The largest absolute Gasteiger partial charge is 0.347 e. The molecule has 1 fully saturated rings. The van der Waals surface area contributed by atoms with E-state index in [9.17, 15) is 8.42 Å². The smallest absolute Gasteiger partial charge is 0.168 e. The molecule has 1 heterocycles. The summed E-state index contributed by atoms with van der Waals surface area (Å²) in [5.74, 6) is -0.424. The lowest BCUT2D eigenvalue weighted by Crippen LogP contribution is -2.31. The van der Waals surface area contributed by atoms with Crippen LogP contribution in [-0.2, 0) is 19.3 Å². The van der Waals surface area contributed by atoms with E-state index in [-0.39, 0.29) is 11.9 Å². The summed E-state index contributed by atoms with van der Waals surface area (Å²) in [4.78, 5) is 0. The molecule has 1 atom stereocenters. The second kappa shape index (κ2) is 33.6. The molecule has 51 heavy (non-hydrogen) atoms. The van der Waals surface area contributed by atoms with Gasteiger partial charge in [-0.15, -0.1) is 0 Å². The van der Waals surface area contributed by atoms with Crippen LogP contribution >= 0.6 is 0 Å². The summed E-state index contributed by atoms with van der Waals surface area (Å²) in [5, 5.41) is 0. The molecular weight excluding hydrogens is 649 g/mol. The number of ether oxygens (including phenoxy) is 2. The van der Waals surface area contributed by atoms with E-state index in [0.29, 0.717) is 13.0 Å². The van der Waals surface area contributed by atoms with E-state index in [1.54, 1.807) is 0 Å². The summed E-state index contributed by atoms with van der Waals surface area (Å²) in [6, 6.07) is 0. The molecule has 1 saturated heterocycles. The Balaban J connectivity index is 2.29. The summed E-state index contributed by atoms with van der Waals surface area (Å²) >= 11 is 0. The highest BCUT2D eigenvalue weighted by molar-refractivity contribution is 7.90. The normalized spacial score (nSPS) is 17.3. The van der Waals surface area contributed by atoms with Gasteiger partial charge in [0.1, 0.15) is 9.84 Å². The third kappa shape index (κ3) is 31.1. The standard InChI is InChI=1S/C46H76O4S/c1-4-6-8-10-12-14-16-18-20-22-24-26-28-30-32-34-36-38-41-46(49-44-45(50-46)40-43-51(3,47)48)42-39-37-35-33-31-29-27-25-23-21-19-17-15-13-11-9-7-5-2/h12-15,18-21,24-27,30-33,45H,4-11,16-17,22-23,28-29,34-44H2,1-3H3/b14-12-,15-13-,20-18-,21-19-,26-24-,27-25-,32-30-,33-31-. The van der Waals surface area contributed by atoms with E-state index in [0.717, 1.165) is 89.9 Å². The molecule has 0 amide bonds. The van der Waals surface area contributed by atoms with Gasteiger partial charge in [0, 0.05) is 19.1 Å². The molecule has 0 saturated carbocycles. The van der Waals surface area contributed by atoms with Gasteiger partial charge in [0.15, 0.2) is 5.79 Å². The van der Waals surface area contributed by atoms with Crippen LogP contribution in [0.2, 0.25) is 0 Å². The molecule has 1 aliphatic rings. The zero-order valence-electron chi connectivity index (χ0n) is 33.0. The number of hydrogen-bond donors (Lipinski definition) is 0. The first-order chi connectivity index (χ1) is 24.9. The van der Waals surface area contributed by atoms with Crippen LogP contribution in [0.3, 0.4) is 0 Å². The second-order valence-electron chi connectivity index (χ2n) is 14.0. The summed E-state index contributed by atoms with van der Waals surface area (Å²) in [6.07, 6.45) is 62.3. The third-order valence-corrected chi connectivity index (χ3v) is 9.97. The van der Waals surface area contributed by atoms with Crippen LogP contribution in [0.25, 0.3) is 0 Å². The van der Waals surface area contributed by atoms with Gasteiger partial charge in [0.2, 0.25) is 0 Å². The van der Waals surface area contributed by atoms with Crippen molar-refractivity contribution in [2.45, 2.75) is 173 Å². The Kier molecular flexibility index (Phi) is 30.9. The molecule has 290 valence electrons. The van der Waals surface area contributed by atoms with Crippen LogP contribution in [0, 0.1) is 0 Å². The molecule has 0 spiro atoms. The van der Waals surface area contributed by atoms with Crippen molar-refractivity contribution in [1.82, 2.24) is 0 Å². The van der Waals surface area contributed by atoms with Gasteiger partial charge in [-0.1, -0.05) is 137 Å². The molecule has 0 N–H and O–H groups in total. The van der Waals surface area contributed by atoms with Gasteiger partial charge < -0.3 is 9.47 Å². The average molecular weight is 725 g/mol. The summed E-state index contributed by atoms with van der Waals surface area (Å²) in [7, 11) is -3.01. The van der Waals surface area contributed by atoms with Crippen LogP contribution in [0.1, 0.15) is 162 Å². The van der Waals surface area contributed by atoms with E-state index in [2.05, 4.69) is 111 Å². The van der Waals surface area contributed by atoms with Crippen LogP contribution in [-0.4, -0.2) is 38.9 Å². The molecule has 0 bridgehead atoms. The van der Waals surface area contributed by atoms with Crippen molar-refractivity contribution in [3.05, 3.63) is 97.2 Å². The number of allylic oxidation sites excluding steroid dienone is 16. The van der Waals surface area contributed by atoms with Crippen molar-refractivity contribution >= 4 is 9.84 Å². The van der Waals surface area contributed by atoms with Crippen molar-refractivity contribution in [2.24, 2.45) is 0 Å². The van der Waals surface area contributed by atoms with Gasteiger partial charge in [-0.05, 0) is 109 Å². The van der Waals surface area contributed by atoms with Gasteiger partial charge in [0.25, 0.3) is 0 Å². The number of sulfone groups is 1. The topological polar surface area (TPSA) is 52.6 Å². The fourth-order valence-corrected chi connectivity index (χ4v) is 6.62. The zero-order valence-corrected chi connectivity index (χ0v) is 33.9. The fourth-order valence-electron chi connectivity index (χ4n) is 5.93. The fraction of sp³-hybridized carbons (Fsp3) is 0.652. The van der Waals surface area contributed by atoms with Crippen LogP contribution in [0.5, 0.6) is 0 Å². The van der Waals surface area contributed by atoms with Crippen molar-refractivity contribution in [2.75, 3.05) is 18.6 Å². The predicted molar refractivity (Wildman–Crippen MR) is 224 cm³/mol. The summed E-state index contributed by atoms with van der Waals surface area (Å²) < 4.78 is 36.2. The molecule has 0 aliphatic carbocycles. The van der Waals surface area contributed by atoms with Gasteiger partial charge in [0.05, 0.1) is 18.5 Å². The first kappa shape index (κ1) is 46.8. The molecule has 1 unspecified atom stereocenters. The van der Waals surface area contributed by atoms with Crippen molar-refractivity contribution in [1.29, 1.82) is 0 Å². The van der Waals surface area contributed by atoms with E-state index in [1.807, 2.05) is 0 Å². The Labute approximate surface area is 315 Å². The molecule has 0 aromatic carbocycles. The Hall–Kier alpha value is -2.21. The highest BCUT2D eigenvalue weighted by Gasteiger charge is 2.40. The van der Waals surface area contributed by atoms with Gasteiger partial charge >= 0.3 is 0 Å². The maximum absolute atomic E-state index is 11.7. The molecule has 5 heteroatoms. The lowest BCUT2D eigenvalue weighted by Gasteiger charge is -2.28. The maximum atomic E-state index is 11.7. The summed E-state index contributed by atoms with van der Waals surface area (Å²) in [5.41, 5.74) is 0. The average Bonchev–Trinajstić information content (AvgIpc) is 3.52. The van der Waals surface area contributed by atoms with E-state index in [4.69, 9.17) is 9.47 Å². The second-order valence-corrected chi connectivity index (χ2v) is 16.3. The summed E-state index contributed by atoms with van der Waals surface area (Å²) in [6.45, 7) is 4.98. The predicted octanol–water partition coefficient (Wildman–Crippen LogP) is 13.6. The van der Waals surface area contributed by atoms with E-state index in [1.165, 1.54) is 57.6 Å². The molecule has 0 aromatic heterocycles. The Bertz CT molecular complexity index is 1090. The monoisotopic (exact) mass is 725 g/mol. The van der Waals surface area contributed by atoms with Gasteiger partial charge in [-0.3, -0.25) is 0 Å². The molecule has 1 rings (SSSR count). The van der Waals surface area contributed by atoms with E-state index >= 15 is 0 Å². The minimum atomic E-state index is -3.01. The van der Waals surface area contributed by atoms with E-state index < -0.39 is 15.6 Å².